The van der Waals surface area contributed by atoms with Crippen LogP contribution < -0.4 is 9.47 Å². The second-order valence-electron chi connectivity index (χ2n) is 14.5. The van der Waals surface area contributed by atoms with Crippen molar-refractivity contribution in [1.29, 1.82) is 0 Å². The summed E-state index contributed by atoms with van der Waals surface area (Å²) in [5.41, 5.74) is 1.64. The van der Waals surface area contributed by atoms with Crippen LogP contribution in [0.2, 0.25) is 0 Å². The molecular formula is C30H41NO4. The van der Waals surface area contributed by atoms with Crippen molar-refractivity contribution >= 4 is 0 Å². The Kier molecular flexibility index (Phi) is 3.66. The molecule has 35 heavy (non-hydrogen) atoms. The van der Waals surface area contributed by atoms with E-state index in [0.717, 1.165) is 36.7 Å². The molecule has 8 aliphatic rings. The summed E-state index contributed by atoms with van der Waals surface area (Å²) in [7, 11) is 3.64. The zero-order valence-corrected chi connectivity index (χ0v) is 22.2. The van der Waals surface area contributed by atoms with Gasteiger partial charge in [-0.1, -0.05) is 26.8 Å². The predicted molar refractivity (Wildman–Crippen MR) is 133 cm³/mol. The minimum absolute atomic E-state index is 0.0212. The van der Waals surface area contributed by atoms with E-state index < -0.39 is 11.2 Å². The fourth-order valence-corrected chi connectivity index (χ4v) is 10.6. The highest BCUT2D eigenvalue weighted by molar-refractivity contribution is 5.67. The van der Waals surface area contributed by atoms with Gasteiger partial charge in [0, 0.05) is 47.5 Å². The normalized spacial score (nSPS) is 49.2. The topological polar surface area (TPSA) is 50.9 Å². The Morgan fingerprint density at radius 1 is 1.14 bits per heavy atom. The quantitative estimate of drug-likeness (QED) is 0.632. The van der Waals surface area contributed by atoms with Crippen molar-refractivity contribution in [2.45, 2.75) is 107 Å². The minimum atomic E-state index is -0.872. The molecule has 6 aliphatic carbocycles. The molecule has 9 atom stereocenters. The monoisotopic (exact) mass is 479 g/mol. The van der Waals surface area contributed by atoms with Gasteiger partial charge in [0.1, 0.15) is 11.7 Å². The molecule has 5 heteroatoms. The smallest absolute Gasteiger partial charge is 0.165 e. The molecule has 2 aliphatic heterocycles. The van der Waals surface area contributed by atoms with Crippen LogP contribution in [-0.2, 0) is 16.6 Å². The molecule has 1 aromatic carbocycles. The van der Waals surface area contributed by atoms with Crippen LogP contribution in [0.3, 0.4) is 0 Å². The van der Waals surface area contributed by atoms with Gasteiger partial charge < -0.3 is 19.3 Å². The summed E-state index contributed by atoms with van der Waals surface area (Å²) >= 11 is 0. The van der Waals surface area contributed by atoms with Crippen molar-refractivity contribution in [1.82, 2.24) is 4.90 Å². The summed E-state index contributed by atoms with van der Waals surface area (Å²) < 4.78 is 19.6. The van der Waals surface area contributed by atoms with E-state index in [2.05, 4.69) is 44.7 Å². The summed E-state index contributed by atoms with van der Waals surface area (Å²) in [5.74, 6) is 2.75. The molecule has 7 unspecified atom stereocenters. The lowest BCUT2D eigenvalue weighted by Gasteiger charge is -2.69. The molecule has 1 aromatic rings. The number of benzene rings is 1. The van der Waals surface area contributed by atoms with Crippen molar-refractivity contribution in [2.75, 3.05) is 20.8 Å². The second-order valence-corrected chi connectivity index (χ2v) is 14.5. The number of piperidine rings is 1. The highest BCUT2D eigenvalue weighted by Crippen LogP contribution is 2.86. The van der Waals surface area contributed by atoms with Gasteiger partial charge in [-0.05, 0) is 74.8 Å². The maximum Gasteiger partial charge on any atom is 0.165 e. The summed E-state index contributed by atoms with van der Waals surface area (Å²) in [6, 6.07) is 5.06. The van der Waals surface area contributed by atoms with Gasteiger partial charge in [0.15, 0.2) is 11.5 Å². The molecule has 1 saturated heterocycles. The summed E-state index contributed by atoms with van der Waals surface area (Å²) in [6.07, 6.45) is 8.20. The van der Waals surface area contributed by atoms with Crippen molar-refractivity contribution < 1.29 is 19.3 Å². The van der Waals surface area contributed by atoms with E-state index in [9.17, 15) is 5.11 Å². The Balaban J connectivity index is 1.38. The Hall–Kier alpha value is -1.30. The molecular weight excluding hydrogens is 438 g/mol. The van der Waals surface area contributed by atoms with E-state index >= 15 is 0 Å². The number of ether oxygens (including phenoxy) is 3. The van der Waals surface area contributed by atoms with Gasteiger partial charge in [-0.2, -0.15) is 0 Å². The minimum Gasteiger partial charge on any atom is -0.493 e. The first-order valence-electron chi connectivity index (χ1n) is 13.9. The number of likely N-dealkylation sites (tertiary alicyclic amines) is 1. The van der Waals surface area contributed by atoms with Crippen LogP contribution in [-0.4, -0.2) is 59.7 Å². The van der Waals surface area contributed by atoms with Crippen LogP contribution in [0.25, 0.3) is 0 Å². The molecule has 5 saturated carbocycles. The standard InChI is InChI=1S/C30H41NO4/c1-25(2,3)26(4,32)20-14-27-11-12-30(20,34-6)24-29(27)16-28(23(27)31(28)15-17-7-8-17)13-18-9-10-19(33-5)22(35-24)21(18)29/h9-10,17,20,23-24,32H,7-8,11-16H2,1-6H3/t20?,23?,24?,26?,27?,28-,29+,30?,31?/m1/s1. The van der Waals surface area contributed by atoms with E-state index in [-0.39, 0.29) is 33.8 Å². The highest BCUT2D eigenvalue weighted by Gasteiger charge is 2.92. The molecule has 0 aromatic heterocycles. The third-order valence-corrected chi connectivity index (χ3v) is 12.7. The first kappa shape index (κ1) is 21.8. The van der Waals surface area contributed by atoms with Crippen LogP contribution >= 0.6 is 0 Å². The van der Waals surface area contributed by atoms with Gasteiger partial charge in [0.2, 0.25) is 0 Å². The largest absolute Gasteiger partial charge is 0.493 e. The zero-order valence-electron chi connectivity index (χ0n) is 22.2. The number of hydrogen-bond donors (Lipinski definition) is 1. The molecule has 190 valence electrons. The van der Waals surface area contributed by atoms with Crippen LogP contribution in [0.4, 0.5) is 0 Å². The lowest BCUT2D eigenvalue weighted by molar-refractivity contribution is -0.290. The lowest BCUT2D eigenvalue weighted by atomic mass is 9.38. The molecule has 0 radical (unpaired) electrons. The Morgan fingerprint density at radius 2 is 1.91 bits per heavy atom. The average molecular weight is 480 g/mol. The third kappa shape index (κ3) is 2.05. The molecule has 3 spiro atoms. The summed E-state index contributed by atoms with van der Waals surface area (Å²) in [6.45, 7) is 9.89. The number of rotatable bonds is 5. The van der Waals surface area contributed by atoms with Crippen LogP contribution in [0.1, 0.15) is 77.3 Å². The predicted octanol–water partition coefficient (Wildman–Crippen LogP) is 4.47. The molecule has 5 nitrogen and oxygen atoms in total. The number of nitrogens with zero attached hydrogens (tertiary/aromatic N) is 1. The van der Waals surface area contributed by atoms with Gasteiger partial charge in [0.25, 0.3) is 0 Å². The molecule has 4 bridgehead atoms. The average Bonchev–Trinajstić information content (AvgIpc) is 3.68. The number of hydrogen-bond acceptors (Lipinski definition) is 5. The van der Waals surface area contributed by atoms with Gasteiger partial charge in [0.05, 0.1) is 12.7 Å². The second kappa shape index (κ2) is 5.89. The van der Waals surface area contributed by atoms with Crippen molar-refractivity contribution in [3.05, 3.63) is 23.3 Å². The van der Waals surface area contributed by atoms with E-state index in [1.54, 1.807) is 7.11 Å². The highest BCUT2D eigenvalue weighted by atomic mass is 16.6. The molecule has 1 N–H and O–H groups in total. The lowest BCUT2D eigenvalue weighted by Crippen LogP contribution is -2.78. The van der Waals surface area contributed by atoms with Gasteiger partial charge in [-0.15, -0.1) is 0 Å². The first-order valence-corrected chi connectivity index (χ1v) is 13.9. The van der Waals surface area contributed by atoms with Gasteiger partial charge >= 0.3 is 0 Å². The van der Waals surface area contributed by atoms with E-state index in [1.807, 2.05) is 7.11 Å². The Labute approximate surface area is 209 Å². The Morgan fingerprint density at radius 3 is 2.57 bits per heavy atom. The maximum atomic E-state index is 12.3. The summed E-state index contributed by atoms with van der Waals surface area (Å²) in [5, 5.41) is 12.3. The fraction of sp³-hybridized carbons (Fsp3) is 0.800. The van der Waals surface area contributed by atoms with Gasteiger partial charge in [-0.25, -0.2) is 0 Å². The number of methoxy groups -OCH3 is 2. The fourth-order valence-electron chi connectivity index (χ4n) is 10.6. The number of aliphatic hydroxyl groups is 1. The van der Waals surface area contributed by atoms with Crippen LogP contribution in [0.15, 0.2) is 12.1 Å². The first-order chi connectivity index (χ1) is 16.5. The SMILES string of the molecule is COc1ccc2c3c1OC1C4(OC)CCC5(CC4C(C)(O)C(C)(C)C)C4N(CC6CC6)[C@]4(C2)C[C@]315. The maximum absolute atomic E-state index is 12.3. The third-order valence-electron chi connectivity index (χ3n) is 12.7. The molecule has 9 rings (SSSR count). The van der Waals surface area contributed by atoms with Gasteiger partial charge in [-0.3, -0.25) is 4.90 Å². The molecule has 0 amide bonds. The zero-order chi connectivity index (χ0) is 24.4. The van der Waals surface area contributed by atoms with Crippen molar-refractivity contribution in [3.8, 4) is 11.5 Å². The Bertz CT molecular complexity index is 1150. The van der Waals surface area contributed by atoms with Crippen molar-refractivity contribution in [3.63, 3.8) is 0 Å². The van der Waals surface area contributed by atoms with Crippen LogP contribution in [0, 0.1) is 22.7 Å². The number of fused-ring (bicyclic) bond motifs is 2. The van der Waals surface area contributed by atoms with E-state index in [0.29, 0.717) is 6.04 Å². The van der Waals surface area contributed by atoms with E-state index in [1.165, 1.54) is 43.4 Å². The van der Waals surface area contributed by atoms with E-state index in [4.69, 9.17) is 14.2 Å². The molecule has 6 fully saturated rings. The van der Waals surface area contributed by atoms with Crippen LogP contribution in [0.5, 0.6) is 11.5 Å². The molecule has 2 heterocycles. The summed E-state index contributed by atoms with van der Waals surface area (Å²) in [4.78, 5) is 2.92. The van der Waals surface area contributed by atoms with Crippen molar-refractivity contribution in [2.24, 2.45) is 22.7 Å².